The van der Waals surface area contributed by atoms with Crippen LogP contribution >= 0.6 is 0 Å². The molecule has 0 spiro atoms. The SMILES string of the molecule is CCC1CC(C)(CC)OC1CC(C)(CC)CC. The van der Waals surface area contributed by atoms with Crippen molar-refractivity contribution in [2.45, 2.75) is 91.8 Å². The van der Waals surface area contributed by atoms with E-state index in [1.54, 1.807) is 0 Å². The molecule has 0 N–H and O–H groups in total. The van der Waals surface area contributed by atoms with Crippen molar-refractivity contribution in [3.8, 4) is 0 Å². The van der Waals surface area contributed by atoms with Crippen LogP contribution in [0.15, 0.2) is 0 Å². The first-order valence-electron chi connectivity index (χ1n) is 7.59. The van der Waals surface area contributed by atoms with E-state index < -0.39 is 0 Å². The minimum absolute atomic E-state index is 0.147. The van der Waals surface area contributed by atoms with Gasteiger partial charge in [0.25, 0.3) is 0 Å². The molecule has 1 aliphatic heterocycles. The first-order chi connectivity index (χ1) is 7.92. The largest absolute Gasteiger partial charge is 0.372 e. The zero-order valence-corrected chi connectivity index (χ0v) is 12.8. The van der Waals surface area contributed by atoms with Crippen molar-refractivity contribution in [1.82, 2.24) is 0 Å². The molecule has 1 saturated heterocycles. The Bertz CT molecular complexity index is 232. The Hall–Kier alpha value is -0.0400. The highest BCUT2D eigenvalue weighted by Gasteiger charge is 2.43. The third kappa shape index (κ3) is 3.47. The standard InChI is InChI=1S/C16H32O/c1-7-13-11-16(6,10-4)17-14(13)12-15(5,8-2)9-3/h13-14H,7-12H2,1-6H3. The van der Waals surface area contributed by atoms with Gasteiger partial charge in [0.2, 0.25) is 0 Å². The molecule has 0 aliphatic carbocycles. The van der Waals surface area contributed by atoms with Gasteiger partial charge in [-0.2, -0.15) is 0 Å². The van der Waals surface area contributed by atoms with Gasteiger partial charge in [-0.25, -0.2) is 0 Å². The summed E-state index contributed by atoms with van der Waals surface area (Å²) in [4.78, 5) is 0. The van der Waals surface area contributed by atoms with Crippen molar-refractivity contribution in [2.24, 2.45) is 11.3 Å². The van der Waals surface area contributed by atoms with Crippen molar-refractivity contribution in [2.75, 3.05) is 0 Å². The molecule has 1 rings (SSSR count). The van der Waals surface area contributed by atoms with Gasteiger partial charge < -0.3 is 4.74 Å². The van der Waals surface area contributed by atoms with Crippen molar-refractivity contribution in [1.29, 1.82) is 0 Å². The summed E-state index contributed by atoms with van der Waals surface area (Å²) in [7, 11) is 0. The lowest BCUT2D eigenvalue weighted by atomic mass is 9.76. The Kier molecular flexibility index (Phi) is 5.07. The summed E-state index contributed by atoms with van der Waals surface area (Å²) in [6, 6.07) is 0. The van der Waals surface area contributed by atoms with Crippen molar-refractivity contribution in [3.63, 3.8) is 0 Å². The third-order valence-corrected chi connectivity index (χ3v) is 5.33. The molecule has 0 amide bonds. The molecule has 1 heterocycles. The Balaban J connectivity index is 2.70. The van der Waals surface area contributed by atoms with Crippen LogP contribution in [0.1, 0.15) is 80.1 Å². The highest BCUT2D eigenvalue weighted by atomic mass is 16.5. The molecule has 1 aliphatic rings. The van der Waals surface area contributed by atoms with E-state index in [9.17, 15) is 0 Å². The quantitative estimate of drug-likeness (QED) is 0.621. The molecule has 0 aromatic rings. The van der Waals surface area contributed by atoms with Crippen LogP contribution in [0.25, 0.3) is 0 Å². The lowest BCUT2D eigenvalue weighted by Gasteiger charge is -2.32. The Labute approximate surface area is 108 Å². The average Bonchev–Trinajstić information content (AvgIpc) is 2.66. The van der Waals surface area contributed by atoms with E-state index in [0.29, 0.717) is 11.5 Å². The second-order valence-electron chi connectivity index (χ2n) is 6.55. The van der Waals surface area contributed by atoms with Gasteiger partial charge in [-0.1, -0.05) is 53.9 Å². The van der Waals surface area contributed by atoms with E-state index in [-0.39, 0.29) is 5.60 Å². The van der Waals surface area contributed by atoms with Crippen LogP contribution in [0, 0.1) is 11.3 Å². The fraction of sp³-hybridized carbons (Fsp3) is 1.00. The van der Waals surface area contributed by atoms with Crippen LogP contribution in [-0.2, 0) is 4.74 Å². The first kappa shape index (κ1) is 15.0. The van der Waals surface area contributed by atoms with Gasteiger partial charge in [0.05, 0.1) is 11.7 Å². The molecule has 3 unspecified atom stereocenters. The minimum atomic E-state index is 0.147. The van der Waals surface area contributed by atoms with Crippen LogP contribution in [0.3, 0.4) is 0 Å². The van der Waals surface area contributed by atoms with Crippen molar-refractivity contribution < 1.29 is 4.74 Å². The summed E-state index contributed by atoms with van der Waals surface area (Å²) < 4.78 is 6.40. The summed E-state index contributed by atoms with van der Waals surface area (Å²) in [6.45, 7) is 13.9. The summed E-state index contributed by atoms with van der Waals surface area (Å²) in [5, 5.41) is 0. The van der Waals surface area contributed by atoms with Crippen molar-refractivity contribution in [3.05, 3.63) is 0 Å². The molecule has 0 radical (unpaired) electrons. The van der Waals surface area contributed by atoms with Gasteiger partial charge in [0.1, 0.15) is 0 Å². The zero-order valence-electron chi connectivity index (χ0n) is 12.8. The molecular weight excluding hydrogens is 208 g/mol. The molecule has 102 valence electrons. The second kappa shape index (κ2) is 5.73. The first-order valence-corrected chi connectivity index (χ1v) is 7.59. The van der Waals surface area contributed by atoms with E-state index in [0.717, 1.165) is 12.3 Å². The summed E-state index contributed by atoms with van der Waals surface area (Å²) >= 11 is 0. The van der Waals surface area contributed by atoms with E-state index in [4.69, 9.17) is 4.74 Å². The number of hydrogen-bond acceptors (Lipinski definition) is 1. The van der Waals surface area contributed by atoms with Gasteiger partial charge >= 0.3 is 0 Å². The van der Waals surface area contributed by atoms with Gasteiger partial charge in [-0.3, -0.25) is 0 Å². The zero-order chi connectivity index (χ0) is 13.1. The van der Waals surface area contributed by atoms with Crippen LogP contribution in [0.5, 0.6) is 0 Å². The second-order valence-corrected chi connectivity index (χ2v) is 6.55. The molecule has 0 aromatic heterocycles. The molecule has 0 saturated carbocycles. The monoisotopic (exact) mass is 240 g/mol. The van der Waals surface area contributed by atoms with Crippen LogP contribution in [0.2, 0.25) is 0 Å². The average molecular weight is 240 g/mol. The fourth-order valence-electron chi connectivity index (χ4n) is 3.06. The van der Waals surface area contributed by atoms with Gasteiger partial charge in [-0.05, 0) is 37.5 Å². The van der Waals surface area contributed by atoms with Crippen LogP contribution in [-0.4, -0.2) is 11.7 Å². The maximum absolute atomic E-state index is 6.40. The lowest BCUT2D eigenvalue weighted by Crippen LogP contribution is -2.28. The molecular formula is C16H32O. The predicted molar refractivity (Wildman–Crippen MR) is 75.3 cm³/mol. The number of ether oxygens (including phenoxy) is 1. The van der Waals surface area contributed by atoms with Gasteiger partial charge in [0, 0.05) is 0 Å². The smallest absolute Gasteiger partial charge is 0.0659 e. The lowest BCUT2D eigenvalue weighted by molar-refractivity contribution is -0.0538. The summed E-state index contributed by atoms with van der Waals surface area (Å²) in [6.07, 6.45) is 7.95. The van der Waals surface area contributed by atoms with Gasteiger partial charge in [0.15, 0.2) is 0 Å². The highest BCUT2D eigenvalue weighted by molar-refractivity contribution is 4.92. The number of hydrogen-bond donors (Lipinski definition) is 0. The maximum Gasteiger partial charge on any atom is 0.0659 e. The Morgan fingerprint density at radius 1 is 1.18 bits per heavy atom. The Morgan fingerprint density at radius 2 is 1.76 bits per heavy atom. The fourth-order valence-corrected chi connectivity index (χ4v) is 3.06. The normalized spacial score (nSPS) is 34.2. The molecule has 1 heteroatoms. The molecule has 1 fully saturated rings. The highest BCUT2D eigenvalue weighted by Crippen LogP contribution is 2.44. The van der Waals surface area contributed by atoms with E-state index in [1.165, 1.54) is 32.1 Å². The third-order valence-electron chi connectivity index (χ3n) is 5.33. The summed E-state index contributed by atoms with van der Waals surface area (Å²) in [5.74, 6) is 0.775. The van der Waals surface area contributed by atoms with Crippen molar-refractivity contribution >= 4 is 0 Å². The Morgan fingerprint density at radius 3 is 2.18 bits per heavy atom. The minimum Gasteiger partial charge on any atom is -0.372 e. The van der Waals surface area contributed by atoms with Crippen LogP contribution < -0.4 is 0 Å². The topological polar surface area (TPSA) is 9.23 Å². The molecule has 17 heavy (non-hydrogen) atoms. The predicted octanol–water partition coefficient (Wildman–Crippen LogP) is 5.19. The molecule has 0 bridgehead atoms. The molecule has 0 aromatic carbocycles. The number of rotatable bonds is 6. The molecule has 3 atom stereocenters. The van der Waals surface area contributed by atoms with E-state index in [1.807, 2.05) is 0 Å². The van der Waals surface area contributed by atoms with Gasteiger partial charge in [-0.15, -0.1) is 0 Å². The van der Waals surface area contributed by atoms with Crippen LogP contribution in [0.4, 0.5) is 0 Å². The summed E-state index contributed by atoms with van der Waals surface area (Å²) in [5.41, 5.74) is 0.616. The van der Waals surface area contributed by atoms with E-state index >= 15 is 0 Å². The van der Waals surface area contributed by atoms with E-state index in [2.05, 4.69) is 41.5 Å². The maximum atomic E-state index is 6.40. The molecule has 1 nitrogen and oxygen atoms in total.